The van der Waals surface area contributed by atoms with Crippen molar-refractivity contribution in [2.75, 3.05) is 0 Å². The van der Waals surface area contributed by atoms with Crippen molar-refractivity contribution in [2.45, 2.75) is 52.6 Å². The fraction of sp³-hybridized carbons (Fsp3) is 0.667. The number of unbranched alkanes of at least 4 members (excludes halogenated alkanes) is 1. The molecule has 0 aliphatic carbocycles. The van der Waals surface area contributed by atoms with Crippen LogP contribution in [0.3, 0.4) is 0 Å². The molecule has 0 fully saturated rings. The van der Waals surface area contributed by atoms with Gasteiger partial charge in [-0.1, -0.05) is 13.3 Å². The molecule has 0 aromatic rings. The van der Waals surface area contributed by atoms with E-state index in [9.17, 15) is 9.90 Å². The Morgan fingerprint density at radius 1 is 1.50 bits per heavy atom. The van der Waals surface area contributed by atoms with E-state index in [0.717, 1.165) is 18.4 Å². The standard InChI is InChI=1S/C12H20O2/c1-5-6-7-11(13)12(4,14)9-8-10(2)3/h9,14H,5-7H2,1-4H3. The van der Waals surface area contributed by atoms with E-state index in [2.05, 4.69) is 5.73 Å². The molecule has 2 heteroatoms. The Balaban J connectivity index is 4.46. The predicted molar refractivity (Wildman–Crippen MR) is 58.1 cm³/mol. The predicted octanol–water partition coefficient (Wildman–Crippen LogP) is 2.62. The summed E-state index contributed by atoms with van der Waals surface area (Å²) in [7, 11) is 0. The topological polar surface area (TPSA) is 37.3 Å². The molecule has 1 N–H and O–H groups in total. The number of carbonyl (C=O) groups is 1. The smallest absolute Gasteiger partial charge is 0.168 e. The normalized spacial score (nSPS) is 14.1. The number of rotatable bonds is 5. The van der Waals surface area contributed by atoms with Crippen molar-refractivity contribution in [3.05, 3.63) is 17.4 Å². The van der Waals surface area contributed by atoms with Crippen LogP contribution in [0.5, 0.6) is 0 Å². The number of aliphatic hydroxyl groups is 1. The molecule has 0 rings (SSSR count). The summed E-state index contributed by atoms with van der Waals surface area (Å²) >= 11 is 0. The molecule has 0 aliphatic rings. The zero-order valence-corrected chi connectivity index (χ0v) is 9.55. The average Bonchev–Trinajstić information content (AvgIpc) is 2.11. The third kappa shape index (κ3) is 5.00. The van der Waals surface area contributed by atoms with Crippen molar-refractivity contribution in [1.29, 1.82) is 0 Å². The number of carbonyl (C=O) groups excluding carboxylic acids is 1. The zero-order valence-electron chi connectivity index (χ0n) is 9.55. The summed E-state index contributed by atoms with van der Waals surface area (Å²) in [6, 6.07) is 0. The largest absolute Gasteiger partial charge is 0.378 e. The van der Waals surface area contributed by atoms with Crippen LogP contribution < -0.4 is 0 Å². The van der Waals surface area contributed by atoms with Crippen molar-refractivity contribution >= 4 is 5.78 Å². The zero-order chi connectivity index (χ0) is 11.2. The van der Waals surface area contributed by atoms with Gasteiger partial charge in [-0.15, -0.1) is 5.73 Å². The van der Waals surface area contributed by atoms with Gasteiger partial charge in [-0.3, -0.25) is 4.79 Å². The second-order valence-corrected chi connectivity index (χ2v) is 3.96. The molecule has 0 aromatic carbocycles. The van der Waals surface area contributed by atoms with Crippen LogP contribution in [0.1, 0.15) is 47.0 Å². The first-order chi connectivity index (χ1) is 6.40. The summed E-state index contributed by atoms with van der Waals surface area (Å²) in [6.45, 7) is 7.29. The van der Waals surface area contributed by atoms with Gasteiger partial charge in [0.05, 0.1) is 0 Å². The van der Waals surface area contributed by atoms with E-state index in [0.29, 0.717) is 6.42 Å². The van der Waals surface area contributed by atoms with Crippen LogP contribution >= 0.6 is 0 Å². The van der Waals surface area contributed by atoms with Gasteiger partial charge in [0.1, 0.15) is 5.60 Å². The molecule has 80 valence electrons. The summed E-state index contributed by atoms with van der Waals surface area (Å²) in [5.74, 6) is -0.131. The van der Waals surface area contributed by atoms with E-state index >= 15 is 0 Å². The van der Waals surface area contributed by atoms with E-state index in [1.165, 1.54) is 13.0 Å². The molecule has 0 spiro atoms. The SMILES string of the molecule is CCCCC(=O)C(C)(O)C=C=C(C)C. The lowest BCUT2D eigenvalue weighted by Gasteiger charge is -2.15. The highest BCUT2D eigenvalue weighted by Crippen LogP contribution is 2.11. The van der Waals surface area contributed by atoms with Gasteiger partial charge in [0.25, 0.3) is 0 Å². The molecule has 0 aromatic heterocycles. The first-order valence-corrected chi connectivity index (χ1v) is 5.07. The Morgan fingerprint density at radius 2 is 2.07 bits per heavy atom. The lowest BCUT2D eigenvalue weighted by atomic mass is 9.96. The van der Waals surface area contributed by atoms with E-state index in [-0.39, 0.29) is 5.78 Å². The van der Waals surface area contributed by atoms with Crippen LogP contribution in [-0.4, -0.2) is 16.5 Å². The van der Waals surface area contributed by atoms with Gasteiger partial charge in [-0.05, 0) is 38.8 Å². The van der Waals surface area contributed by atoms with Crippen LogP contribution in [0.4, 0.5) is 0 Å². The molecule has 0 amide bonds. The summed E-state index contributed by atoms with van der Waals surface area (Å²) in [5, 5.41) is 9.78. The Kier molecular flexibility index (Phi) is 5.44. The first kappa shape index (κ1) is 13.2. The number of ketones is 1. The summed E-state index contributed by atoms with van der Waals surface area (Å²) < 4.78 is 0. The highest BCUT2D eigenvalue weighted by Gasteiger charge is 2.25. The van der Waals surface area contributed by atoms with Crippen molar-refractivity contribution in [1.82, 2.24) is 0 Å². The third-order valence-electron chi connectivity index (χ3n) is 1.96. The Hall–Kier alpha value is -0.850. The van der Waals surface area contributed by atoms with Crippen molar-refractivity contribution in [3.8, 4) is 0 Å². The molecule has 0 radical (unpaired) electrons. The number of hydrogen-bond acceptors (Lipinski definition) is 2. The lowest BCUT2D eigenvalue weighted by molar-refractivity contribution is -0.131. The summed E-state index contributed by atoms with van der Waals surface area (Å²) in [6.07, 6.45) is 3.68. The second kappa shape index (κ2) is 5.79. The van der Waals surface area contributed by atoms with Crippen LogP contribution in [0, 0.1) is 0 Å². The van der Waals surface area contributed by atoms with E-state index < -0.39 is 5.60 Å². The second-order valence-electron chi connectivity index (χ2n) is 3.96. The summed E-state index contributed by atoms with van der Waals surface area (Å²) in [4.78, 5) is 11.5. The Bertz CT molecular complexity index is 251. The molecule has 0 saturated heterocycles. The van der Waals surface area contributed by atoms with Gasteiger partial charge in [-0.2, -0.15) is 0 Å². The van der Waals surface area contributed by atoms with Crippen LogP contribution in [0.2, 0.25) is 0 Å². The van der Waals surface area contributed by atoms with Gasteiger partial charge in [0.15, 0.2) is 5.78 Å². The molecule has 0 saturated carbocycles. The number of hydrogen-bond donors (Lipinski definition) is 1. The minimum Gasteiger partial charge on any atom is -0.378 e. The Labute approximate surface area is 86.3 Å². The van der Waals surface area contributed by atoms with Crippen LogP contribution in [-0.2, 0) is 4.79 Å². The van der Waals surface area contributed by atoms with Crippen LogP contribution in [0.15, 0.2) is 17.4 Å². The fourth-order valence-corrected chi connectivity index (χ4v) is 0.956. The van der Waals surface area contributed by atoms with E-state index in [1.54, 1.807) is 0 Å². The van der Waals surface area contributed by atoms with Crippen molar-refractivity contribution in [2.24, 2.45) is 0 Å². The number of Topliss-reactive ketones (excluding diaryl/α,β-unsaturated/α-hetero) is 1. The minimum absolute atomic E-state index is 0.131. The van der Waals surface area contributed by atoms with E-state index in [1.807, 2.05) is 20.8 Å². The fourth-order valence-electron chi connectivity index (χ4n) is 0.956. The average molecular weight is 196 g/mol. The van der Waals surface area contributed by atoms with Crippen LogP contribution in [0.25, 0.3) is 0 Å². The minimum atomic E-state index is -1.35. The van der Waals surface area contributed by atoms with Gasteiger partial charge in [0, 0.05) is 6.42 Å². The quantitative estimate of drug-likeness (QED) is 0.686. The van der Waals surface area contributed by atoms with Crippen molar-refractivity contribution in [3.63, 3.8) is 0 Å². The Morgan fingerprint density at radius 3 is 2.50 bits per heavy atom. The van der Waals surface area contributed by atoms with E-state index in [4.69, 9.17) is 0 Å². The molecule has 0 aliphatic heterocycles. The monoisotopic (exact) mass is 196 g/mol. The van der Waals surface area contributed by atoms with Crippen molar-refractivity contribution < 1.29 is 9.90 Å². The lowest BCUT2D eigenvalue weighted by Crippen LogP contribution is -2.32. The maximum atomic E-state index is 11.5. The van der Waals surface area contributed by atoms with Gasteiger partial charge in [0.2, 0.25) is 0 Å². The molecule has 1 unspecified atom stereocenters. The third-order valence-corrected chi connectivity index (χ3v) is 1.96. The van der Waals surface area contributed by atoms with Gasteiger partial charge >= 0.3 is 0 Å². The highest BCUT2D eigenvalue weighted by atomic mass is 16.3. The highest BCUT2D eigenvalue weighted by molar-refractivity contribution is 5.88. The van der Waals surface area contributed by atoms with Gasteiger partial charge in [-0.25, -0.2) is 0 Å². The molecule has 1 atom stereocenters. The summed E-state index contributed by atoms with van der Waals surface area (Å²) in [5.41, 5.74) is 2.46. The molecule has 14 heavy (non-hydrogen) atoms. The molecular formula is C12H20O2. The molecule has 2 nitrogen and oxygen atoms in total. The first-order valence-electron chi connectivity index (χ1n) is 5.07. The maximum Gasteiger partial charge on any atom is 0.168 e. The molecule has 0 bridgehead atoms. The molecular weight excluding hydrogens is 176 g/mol. The molecule has 0 heterocycles. The van der Waals surface area contributed by atoms with Gasteiger partial charge < -0.3 is 5.11 Å². The maximum absolute atomic E-state index is 11.5.